The number of rotatable bonds is 2. The summed E-state index contributed by atoms with van der Waals surface area (Å²) in [6.07, 6.45) is 0. The number of morpholine rings is 1. The van der Waals surface area contributed by atoms with E-state index in [0.29, 0.717) is 0 Å². The van der Waals surface area contributed by atoms with Crippen LogP contribution in [0.4, 0.5) is 0 Å². The predicted octanol–water partition coefficient (Wildman–Crippen LogP) is 1.36. The fraction of sp³-hybridized carbons (Fsp3) is 0.357. The van der Waals surface area contributed by atoms with Gasteiger partial charge in [-0.05, 0) is 29.1 Å². The maximum Gasteiger partial charge on any atom is 0.248 e. The average Bonchev–Trinajstić information content (AvgIpc) is 2.40. The molecule has 0 radical (unpaired) electrons. The van der Waals surface area contributed by atoms with Crippen molar-refractivity contribution >= 4 is 10.9 Å². The lowest BCUT2D eigenvalue weighted by molar-refractivity contribution is 0.0342. The van der Waals surface area contributed by atoms with E-state index in [0.717, 1.165) is 43.8 Å². The van der Waals surface area contributed by atoms with Gasteiger partial charge in [-0.2, -0.15) is 0 Å². The van der Waals surface area contributed by atoms with E-state index in [1.54, 1.807) is 6.07 Å². The number of nitrogens with one attached hydrogen (secondary N) is 1. The number of ether oxygens (including phenoxy) is 1. The summed E-state index contributed by atoms with van der Waals surface area (Å²) in [7, 11) is 0. The molecule has 1 aliphatic heterocycles. The van der Waals surface area contributed by atoms with Crippen LogP contribution < -0.4 is 5.56 Å². The molecule has 1 saturated heterocycles. The van der Waals surface area contributed by atoms with E-state index in [1.165, 1.54) is 5.56 Å². The Bertz CT molecular complexity index is 600. The van der Waals surface area contributed by atoms with Gasteiger partial charge in [0.25, 0.3) is 0 Å². The first-order valence-corrected chi connectivity index (χ1v) is 6.23. The van der Waals surface area contributed by atoms with Crippen LogP contribution in [0, 0.1) is 0 Å². The van der Waals surface area contributed by atoms with Crippen LogP contribution in [0.1, 0.15) is 5.56 Å². The molecule has 18 heavy (non-hydrogen) atoms. The molecule has 0 amide bonds. The third-order valence-corrected chi connectivity index (χ3v) is 3.30. The van der Waals surface area contributed by atoms with E-state index in [1.807, 2.05) is 12.1 Å². The second kappa shape index (κ2) is 4.92. The normalized spacial score (nSPS) is 17.1. The topological polar surface area (TPSA) is 45.3 Å². The zero-order chi connectivity index (χ0) is 12.4. The van der Waals surface area contributed by atoms with E-state index in [-0.39, 0.29) is 5.56 Å². The predicted molar refractivity (Wildman–Crippen MR) is 70.7 cm³/mol. The van der Waals surface area contributed by atoms with Crippen LogP contribution in [0.3, 0.4) is 0 Å². The van der Waals surface area contributed by atoms with Gasteiger partial charge < -0.3 is 9.72 Å². The fourth-order valence-electron chi connectivity index (χ4n) is 2.32. The monoisotopic (exact) mass is 244 g/mol. The molecule has 0 spiro atoms. The summed E-state index contributed by atoms with van der Waals surface area (Å²) >= 11 is 0. The van der Waals surface area contributed by atoms with Gasteiger partial charge in [0, 0.05) is 31.2 Å². The Kier molecular flexibility index (Phi) is 3.13. The summed E-state index contributed by atoms with van der Waals surface area (Å²) in [6.45, 7) is 4.56. The van der Waals surface area contributed by atoms with Gasteiger partial charge in [0.15, 0.2) is 0 Å². The Hall–Kier alpha value is -1.65. The van der Waals surface area contributed by atoms with Gasteiger partial charge in [-0.1, -0.05) is 6.07 Å². The molecule has 4 heteroatoms. The van der Waals surface area contributed by atoms with E-state index >= 15 is 0 Å². The van der Waals surface area contributed by atoms with Crippen molar-refractivity contribution in [1.82, 2.24) is 9.88 Å². The molecular weight excluding hydrogens is 228 g/mol. The van der Waals surface area contributed by atoms with Crippen molar-refractivity contribution in [3.8, 4) is 0 Å². The van der Waals surface area contributed by atoms with Crippen molar-refractivity contribution in [1.29, 1.82) is 0 Å². The lowest BCUT2D eigenvalue weighted by Crippen LogP contribution is -2.35. The molecule has 0 bridgehead atoms. The maximum atomic E-state index is 11.2. The van der Waals surface area contributed by atoms with Crippen molar-refractivity contribution < 1.29 is 4.74 Å². The maximum absolute atomic E-state index is 11.2. The minimum Gasteiger partial charge on any atom is -0.379 e. The third-order valence-electron chi connectivity index (χ3n) is 3.30. The smallest absolute Gasteiger partial charge is 0.248 e. The van der Waals surface area contributed by atoms with Gasteiger partial charge in [-0.15, -0.1) is 0 Å². The Morgan fingerprint density at radius 1 is 1.17 bits per heavy atom. The molecule has 2 heterocycles. The molecule has 94 valence electrons. The molecule has 2 aromatic rings. The number of fused-ring (bicyclic) bond motifs is 1. The third kappa shape index (κ3) is 2.44. The van der Waals surface area contributed by atoms with Crippen molar-refractivity contribution in [2.24, 2.45) is 0 Å². The zero-order valence-electron chi connectivity index (χ0n) is 10.2. The standard InChI is InChI=1S/C14H16N2O2/c17-14-4-2-12-9-11(1-3-13(12)15-14)10-16-5-7-18-8-6-16/h1-4,9H,5-8,10H2,(H,15,17). The van der Waals surface area contributed by atoms with Crippen molar-refractivity contribution in [3.63, 3.8) is 0 Å². The van der Waals surface area contributed by atoms with Crippen LogP contribution in [0.5, 0.6) is 0 Å². The quantitative estimate of drug-likeness (QED) is 0.867. The lowest BCUT2D eigenvalue weighted by atomic mass is 10.1. The molecule has 0 atom stereocenters. The SMILES string of the molecule is O=c1ccc2cc(CN3CCOCC3)ccc2[nH]1. The Morgan fingerprint density at radius 3 is 2.83 bits per heavy atom. The van der Waals surface area contributed by atoms with Crippen molar-refractivity contribution in [3.05, 3.63) is 46.2 Å². The Labute approximate surface area is 105 Å². The summed E-state index contributed by atoms with van der Waals surface area (Å²) in [6, 6.07) is 9.64. The summed E-state index contributed by atoms with van der Waals surface area (Å²) in [4.78, 5) is 16.4. The highest BCUT2D eigenvalue weighted by molar-refractivity contribution is 5.78. The van der Waals surface area contributed by atoms with E-state index in [4.69, 9.17) is 4.74 Å². The number of aromatic amines is 1. The Balaban J connectivity index is 1.84. The van der Waals surface area contributed by atoms with Gasteiger partial charge in [0.05, 0.1) is 13.2 Å². The largest absolute Gasteiger partial charge is 0.379 e. The first-order chi connectivity index (χ1) is 8.81. The number of hydrogen-bond acceptors (Lipinski definition) is 3. The van der Waals surface area contributed by atoms with Crippen molar-refractivity contribution in [2.45, 2.75) is 6.54 Å². The van der Waals surface area contributed by atoms with Crippen LogP contribution in [-0.2, 0) is 11.3 Å². The van der Waals surface area contributed by atoms with Crippen LogP contribution in [-0.4, -0.2) is 36.2 Å². The molecule has 0 saturated carbocycles. The summed E-state index contributed by atoms with van der Waals surface area (Å²) < 4.78 is 5.34. The van der Waals surface area contributed by atoms with Crippen LogP contribution in [0.2, 0.25) is 0 Å². The van der Waals surface area contributed by atoms with E-state index in [2.05, 4.69) is 22.0 Å². The molecule has 4 nitrogen and oxygen atoms in total. The molecule has 1 aromatic carbocycles. The first kappa shape index (κ1) is 11.4. The van der Waals surface area contributed by atoms with Crippen molar-refractivity contribution in [2.75, 3.05) is 26.3 Å². The van der Waals surface area contributed by atoms with Gasteiger partial charge in [0.2, 0.25) is 5.56 Å². The number of benzene rings is 1. The summed E-state index contributed by atoms with van der Waals surface area (Å²) in [5, 5.41) is 1.08. The lowest BCUT2D eigenvalue weighted by Gasteiger charge is -2.26. The van der Waals surface area contributed by atoms with Gasteiger partial charge in [-0.3, -0.25) is 9.69 Å². The van der Waals surface area contributed by atoms with Crippen LogP contribution in [0.25, 0.3) is 10.9 Å². The number of nitrogens with zero attached hydrogens (tertiary/aromatic N) is 1. The van der Waals surface area contributed by atoms with Gasteiger partial charge >= 0.3 is 0 Å². The number of pyridine rings is 1. The van der Waals surface area contributed by atoms with Crippen LogP contribution in [0.15, 0.2) is 35.1 Å². The molecular formula is C14H16N2O2. The summed E-state index contributed by atoms with van der Waals surface area (Å²) in [5.74, 6) is 0. The molecule has 0 unspecified atom stereocenters. The molecule has 0 aliphatic carbocycles. The Morgan fingerprint density at radius 2 is 2.00 bits per heavy atom. The minimum absolute atomic E-state index is 0.0524. The molecule has 1 aromatic heterocycles. The average molecular weight is 244 g/mol. The number of H-pyrrole nitrogens is 1. The molecule has 1 N–H and O–H groups in total. The highest BCUT2D eigenvalue weighted by Crippen LogP contribution is 2.14. The highest BCUT2D eigenvalue weighted by atomic mass is 16.5. The second-order valence-electron chi connectivity index (χ2n) is 4.63. The first-order valence-electron chi connectivity index (χ1n) is 6.23. The number of hydrogen-bond donors (Lipinski definition) is 1. The molecule has 1 aliphatic rings. The van der Waals surface area contributed by atoms with E-state index in [9.17, 15) is 4.79 Å². The van der Waals surface area contributed by atoms with Gasteiger partial charge in [0.1, 0.15) is 0 Å². The fourth-order valence-corrected chi connectivity index (χ4v) is 2.32. The summed E-state index contributed by atoms with van der Waals surface area (Å²) in [5.41, 5.74) is 2.12. The highest BCUT2D eigenvalue weighted by Gasteiger charge is 2.10. The van der Waals surface area contributed by atoms with Gasteiger partial charge in [-0.25, -0.2) is 0 Å². The molecule has 3 rings (SSSR count). The van der Waals surface area contributed by atoms with Crippen LogP contribution >= 0.6 is 0 Å². The zero-order valence-corrected chi connectivity index (χ0v) is 10.2. The second-order valence-corrected chi connectivity index (χ2v) is 4.63. The number of aromatic nitrogens is 1. The minimum atomic E-state index is -0.0524. The molecule has 1 fully saturated rings. The van der Waals surface area contributed by atoms with E-state index < -0.39 is 0 Å².